The first-order valence-electron chi connectivity index (χ1n) is 7.44. The summed E-state index contributed by atoms with van der Waals surface area (Å²) in [5.41, 5.74) is 0. The lowest BCUT2D eigenvalue weighted by Crippen LogP contribution is -2.42. The Balaban J connectivity index is 1.69. The highest BCUT2D eigenvalue weighted by atomic mass is 16.5. The molecule has 0 amide bonds. The van der Waals surface area contributed by atoms with Crippen LogP contribution in [0.2, 0.25) is 0 Å². The predicted molar refractivity (Wildman–Crippen MR) is 71.3 cm³/mol. The molecule has 3 heteroatoms. The van der Waals surface area contributed by atoms with Crippen LogP contribution in [0.1, 0.15) is 45.4 Å². The van der Waals surface area contributed by atoms with Gasteiger partial charge in [0.25, 0.3) is 0 Å². The van der Waals surface area contributed by atoms with Crippen molar-refractivity contribution in [3.63, 3.8) is 0 Å². The molecular formula is C14H28N2O. The number of hydrogen-bond acceptors (Lipinski definition) is 3. The van der Waals surface area contributed by atoms with Crippen molar-refractivity contribution in [3.8, 4) is 0 Å². The second kappa shape index (κ2) is 7.34. The van der Waals surface area contributed by atoms with Crippen LogP contribution in [0.4, 0.5) is 0 Å². The summed E-state index contributed by atoms with van der Waals surface area (Å²) in [5.74, 6) is 0.665. The van der Waals surface area contributed by atoms with E-state index < -0.39 is 0 Å². The monoisotopic (exact) mass is 240 g/mol. The summed E-state index contributed by atoms with van der Waals surface area (Å²) in [4.78, 5) is 0. The Bertz CT molecular complexity index is 202. The highest BCUT2D eigenvalue weighted by molar-refractivity contribution is 4.84. The van der Waals surface area contributed by atoms with Crippen LogP contribution in [0, 0.1) is 5.92 Å². The minimum absolute atomic E-state index is 0.568. The van der Waals surface area contributed by atoms with Crippen molar-refractivity contribution in [1.29, 1.82) is 0 Å². The summed E-state index contributed by atoms with van der Waals surface area (Å²) in [6.45, 7) is 6.17. The molecule has 2 N–H and O–H groups in total. The number of hydrogen-bond donors (Lipinski definition) is 2. The van der Waals surface area contributed by atoms with Crippen LogP contribution >= 0.6 is 0 Å². The molecule has 1 saturated heterocycles. The second-order valence-electron chi connectivity index (χ2n) is 5.56. The molecule has 1 saturated carbocycles. The highest BCUT2D eigenvalue weighted by Gasteiger charge is 2.27. The van der Waals surface area contributed by atoms with Gasteiger partial charge in [-0.05, 0) is 19.4 Å². The number of nitrogens with one attached hydrogen (secondary N) is 2. The summed E-state index contributed by atoms with van der Waals surface area (Å²) in [7, 11) is 0. The van der Waals surface area contributed by atoms with Gasteiger partial charge < -0.3 is 15.4 Å². The molecule has 1 heterocycles. The van der Waals surface area contributed by atoms with Gasteiger partial charge in [0.15, 0.2) is 0 Å². The Morgan fingerprint density at radius 2 is 1.76 bits per heavy atom. The van der Waals surface area contributed by atoms with Gasteiger partial charge in [-0.15, -0.1) is 0 Å². The summed E-state index contributed by atoms with van der Waals surface area (Å²) < 4.78 is 5.58. The van der Waals surface area contributed by atoms with E-state index >= 15 is 0 Å². The number of likely N-dealkylation sites (N-methyl/N-ethyl adjacent to an activating group) is 1. The first-order valence-corrected chi connectivity index (χ1v) is 7.44. The summed E-state index contributed by atoms with van der Waals surface area (Å²) >= 11 is 0. The van der Waals surface area contributed by atoms with Gasteiger partial charge in [-0.25, -0.2) is 0 Å². The predicted octanol–water partition coefficient (Wildman–Crippen LogP) is 1.92. The summed E-state index contributed by atoms with van der Waals surface area (Å²) in [5, 5.41) is 7.30. The van der Waals surface area contributed by atoms with Crippen molar-refractivity contribution < 1.29 is 4.74 Å². The molecule has 3 nitrogen and oxygen atoms in total. The molecule has 0 spiro atoms. The Labute approximate surface area is 106 Å². The highest BCUT2D eigenvalue weighted by Crippen LogP contribution is 2.18. The van der Waals surface area contributed by atoms with Gasteiger partial charge in [0.1, 0.15) is 0 Å². The van der Waals surface area contributed by atoms with E-state index in [0.717, 1.165) is 32.3 Å². The Morgan fingerprint density at radius 1 is 1.00 bits per heavy atom. The smallest absolute Gasteiger partial charge is 0.0623 e. The Hall–Kier alpha value is -0.120. The molecule has 2 atom stereocenters. The van der Waals surface area contributed by atoms with Crippen molar-refractivity contribution in [1.82, 2.24) is 10.6 Å². The van der Waals surface area contributed by atoms with E-state index in [1.54, 1.807) is 0 Å². The minimum Gasteiger partial charge on any atom is -0.379 e. The van der Waals surface area contributed by atoms with Crippen LogP contribution in [0.5, 0.6) is 0 Å². The van der Waals surface area contributed by atoms with Gasteiger partial charge in [-0.1, -0.05) is 32.6 Å². The van der Waals surface area contributed by atoms with Gasteiger partial charge in [0.05, 0.1) is 13.2 Å². The molecule has 0 aromatic heterocycles. The zero-order chi connectivity index (χ0) is 11.9. The van der Waals surface area contributed by atoms with Gasteiger partial charge in [0.2, 0.25) is 0 Å². The average Bonchev–Trinajstić information content (AvgIpc) is 2.63. The lowest BCUT2D eigenvalue weighted by molar-refractivity contribution is 0.181. The maximum absolute atomic E-state index is 5.58. The fourth-order valence-corrected chi connectivity index (χ4v) is 3.09. The lowest BCUT2D eigenvalue weighted by Gasteiger charge is -2.22. The Morgan fingerprint density at radius 3 is 2.47 bits per heavy atom. The van der Waals surface area contributed by atoms with Crippen LogP contribution in [0.25, 0.3) is 0 Å². The first kappa shape index (κ1) is 13.3. The molecule has 2 unspecified atom stereocenters. The van der Waals surface area contributed by atoms with E-state index in [1.807, 2.05) is 0 Å². The summed E-state index contributed by atoms with van der Waals surface area (Å²) in [6.07, 6.45) is 8.44. The van der Waals surface area contributed by atoms with Crippen LogP contribution in [0.15, 0.2) is 0 Å². The topological polar surface area (TPSA) is 33.3 Å². The van der Waals surface area contributed by atoms with E-state index in [-0.39, 0.29) is 0 Å². The maximum atomic E-state index is 5.58. The van der Waals surface area contributed by atoms with Crippen molar-refractivity contribution >= 4 is 0 Å². The molecule has 1 aliphatic carbocycles. The standard InChI is InChI=1S/C14H28N2O/c1-2-15-14-11-17-10-12(14)9-16-13-7-5-3-4-6-8-13/h12-16H,2-11H2,1H3. The van der Waals surface area contributed by atoms with Gasteiger partial charge in [0, 0.05) is 24.5 Å². The van der Waals surface area contributed by atoms with Crippen LogP contribution in [-0.4, -0.2) is 38.4 Å². The van der Waals surface area contributed by atoms with E-state index in [9.17, 15) is 0 Å². The van der Waals surface area contributed by atoms with Crippen LogP contribution < -0.4 is 10.6 Å². The molecule has 0 radical (unpaired) electrons. The fraction of sp³-hybridized carbons (Fsp3) is 1.00. The molecule has 0 aromatic rings. The van der Waals surface area contributed by atoms with Crippen molar-refractivity contribution in [3.05, 3.63) is 0 Å². The lowest BCUT2D eigenvalue weighted by atomic mass is 10.0. The van der Waals surface area contributed by atoms with Gasteiger partial charge in [-0.3, -0.25) is 0 Å². The molecule has 2 fully saturated rings. The molecule has 1 aliphatic heterocycles. The van der Waals surface area contributed by atoms with E-state index in [1.165, 1.54) is 38.5 Å². The molecule has 2 aliphatic rings. The maximum Gasteiger partial charge on any atom is 0.0623 e. The zero-order valence-electron chi connectivity index (χ0n) is 11.2. The number of ether oxygens (including phenoxy) is 1. The van der Waals surface area contributed by atoms with Crippen LogP contribution in [-0.2, 0) is 4.74 Å². The first-order chi connectivity index (χ1) is 8.40. The molecule has 2 rings (SSSR count). The molecule has 0 bridgehead atoms. The third kappa shape index (κ3) is 4.23. The SMILES string of the molecule is CCNC1COCC1CNC1CCCCCC1. The van der Waals surface area contributed by atoms with Gasteiger partial charge in [-0.2, -0.15) is 0 Å². The van der Waals surface area contributed by atoms with E-state index in [0.29, 0.717) is 12.0 Å². The van der Waals surface area contributed by atoms with Gasteiger partial charge >= 0.3 is 0 Å². The summed E-state index contributed by atoms with van der Waals surface area (Å²) in [6, 6.07) is 1.33. The minimum atomic E-state index is 0.568. The Kier molecular flexibility index (Phi) is 5.75. The molecule has 100 valence electrons. The number of rotatable bonds is 5. The normalized spacial score (nSPS) is 31.6. The molecular weight excluding hydrogens is 212 g/mol. The average molecular weight is 240 g/mol. The van der Waals surface area contributed by atoms with Crippen molar-refractivity contribution in [2.45, 2.75) is 57.5 Å². The largest absolute Gasteiger partial charge is 0.379 e. The third-order valence-electron chi connectivity index (χ3n) is 4.19. The fourth-order valence-electron chi connectivity index (χ4n) is 3.09. The van der Waals surface area contributed by atoms with Crippen molar-refractivity contribution in [2.75, 3.05) is 26.3 Å². The third-order valence-corrected chi connectivity index (χ3v) is 4.19. The zero-order valence-corrected chi connectivity index (χ0v) is 11.2. The van der Waals surface area contributed by atoms with E-state index in [4.69, 9.17) is 4.74 Å². The molecule has 17 heavy (non-hydrogen) atoms. The van der Waals surface area contributed by atoms with Crippen molar-refractivity contribution in [2.24, 2.45) is 5.92 Å². The second-order valence-corrected chi connectivity index (χ2v) is 5.56. The van der Waals surface area contributed by atoms with E-state index in [2.05, 4.69) is 17.6 Å². The van der Waals surface area contributed by atoms with Crippen LogP contribution in [0.3, 0.4) is 0 Å². The quantitative estimate of drug-likeness (QED) is 0.720. The molecule has 0 aromatic carbocycles.